The number of nitrogens with zero attached hydrogens (tertiary/aromatic N) is 2. The maximum absolute atomic E-state index is 6.02. The Morgan fingerprint density at radius 2 is 2.05 bits per heavy atom. The van der Waals surface area contributed by atoms with Crippen molar-refractivity contribution in [3.05, 3.63) is 36.2 Å². The van der Waals surface area contributed by atoms with Crippen molar-refractivity contribution in [2.24, 2.45) is 11.7 Å². The average molecular weight is 273 g/mol. The second-order valence-electron chi connectivity index (χ2n) is 4.88. The van der Waals surface area contributed by atoms with Crippen LogP contribution in [0.2, 0.25) is 0 Å². The predicted molar refractivity (Wildman–Crippen MR) is 76.9 cm³/mol. The van der Waals surface area contributed by atoms with Crippen LogP contribution in [-0.4, -0.2) is 10.1 Å². The van der Waals surface area contributed by atoms with E-state index < -0.39 is 0 Å². The second-order valence-corrected chi connectivity index (χ2v) is 5.96. The van der Waals surface area contributed by atoms with E-state index in [0.717, 1.165) is 4.88 Å². The Labute approximate surface area is 115 Å². The van der Waals surface area contributed by atoms with Crippen LogP contribution in [0.15, 0.2) is 34.9 Å². The molecule has 4 nitrogen and oxygen atoms in total. The molecule has 1 aromatic carbocycles. The molecule has 0 amide bonds. The van der Waals surface area contributed by atoms with Crippen molar-refractivity contribution in [1.82, 2.24) is 10.1 Å². The zero-order valence-electron chi connectivity index (χ0n) is 10.8. The van der Waals surface area contributed by atoms with Gasteiger partial charge in [0.25, 0.3) is 5.89 Å². The summed E-state index contributed by atoms with van der Waals surface area (Å²) in [5.41, 5.74) is 6.02. The van der Waals surface area contributed by atoms with Crippen molar-refractivity contribution in [3.63, 3.8) is 0 Å². The van der Waals surface area contributed by atoms with Gasteiger partial charge in [-0.1, -0.05) is 37.2 Å². The molecule has 5 heteroatoms. The van der Waals surface area contributed by atoms with Crippen LogP contribution >= 0.6 is 11.3 Å². The van der Waals surface area contributed by atoms with Crippen molar-refractivity contribution in [2.45, 2.75) is 19.9 Å². The maximum Gasteiger partial charge on any atom is 0.268 e. The van der Waals surface area contributed by atoms with Crippen LogP contribution in [0.5, 0.6) is 0 Å². The van der Waals surface area contributed by atoms with Gasteiger partial charge < -0.3 is 10.3 Å². The molecule has 0 aliphatic carbocycles. The van der Waals surface area contributed by atoms with Crippen LogP contribution < -0.4 is 5.73 Å². The Bertz CT molecular complexity index is 668. The molecule has 3 aromatic rings. The zero-order valence-corrected chi connectivity index (χ0v) is 11.6. The summed E-state index contributed by atoms with van der Waals surface area (Å²) in [5.74, 6) is 1.41. The highest BCUT2D eigenvalue weighted by atomic mass is 32.1. The molecular formula is C14H15N3OS. The summed E-state index contributed by atoms with van der Waals surface area (Å²) >= 11 is 1.65. The molecule has 0 fully saturated rings. The number of hydrogen-bond donors (Lipinski definition) is 1. The van der Waals surface area contributed by atoms with E-state index in [-0.39, 0.29) is 12.0 Å². The van der Waals surface area contributed by atoms with Gasteiger partial charge in [-0.25, -0.2) is 0 Å². The van der Waals surface area contributed by atoms with Crippen LogP contribution in [0, 0.1) is 5.92 Å². The summed E-state index contributed by atoms with van der Waals surface area (Å²) in [4.78, 5) is 5.39. The minimum absolute atomic E-state index is 0.188. The van der Waals surface area contributed by atoms with E-state index in [0.29, 0.717) is 11.7 Å². The first kappa shape index (κ1) is 12.3. The average Bonchev–Trinajstić information content (AvgIpc) is 3.03. The van der Waals surface area contributed by atoms with Gasteiger partial charge in [0.15, 0.2) is 5.82 Å². The molecule has 2 N–H and O–H groups in total. The Morgan fingerprint density at radius 3 is 2.79 bits per heavy atom. The molecule has 0 bridgehead atoms. The van der Waals surface area contributed by atoms with Gasteiger partial charge in [0.05, 0.1) is 10.9 Å². The fourth-order valence-corrected chi connectivity index (χ4v) is 2.84. The molecule has 0 radical (unpaired) electrons. The zero-order chi connectivity index (χ0) is 13.4. The monoisotopic (exact) mass is 273 g/mol. The van der Waals surface area contributed by atoms with Crippen molar-refractivity contribution < 1.29 is 4.52 Å². The first-order valence-electron chi connectivity index (χ1n) is 6.23. The number of aromatic nitrogens is 2. The number of fused-ring (bicyclic) bond motifs is 1. The van der Waals surface area contributed by atoms with E-state index in [1.165, 1.54) is 10.1 Å². The van der Waals surface area contributed by atoms with Gasteiger partial charge in [0, 0.05) is 4.70 Å². The molecule has 2 heterocycles. The summed E-state index contributed by atoms with van der Waals surface area (Å²) in [5, 5.41) is 5.17. The van der Waals surface area contributed by atoms with Crippen LogP contribution in [0.4, 0.5) is 0 Å². The Kier molecular flexibility index (Phi) is 3.08. The molecule has 0 aliphatic heterocycles. The lowest BCUT2D eigenvalue weighted by atomic mass is 10.1. The van der Waals surface area contributed by atoms with Crippen molar-refractivity contribution in [2.75, 3.05) is 0 Å². The van der Waals surface area contributed by atoms with Gasteiger partial charge >= 0.3 is 0 Å². The summed E-state index contributed by atoms with van der Waals surface area (Å²) in [6.07, 6.45) is 0. The lowest BCUT2D eigenvalue weighted by Gasteiger charge is -2.09. The van der Waals surface area contributed by atoms with Gasteiger partial charge in [-0.2, -0.15) is 4.98 Å². The number of hydrogen-bond acceptors (Lipinski definition) is 5. The Morgan fingerprint density at radius 1 is 1.26 bits per heavy atom. The SMILES string of the molecule is CC(C)C(N)c1noc(-c2cc3ccccc3s2)n1. The molecular weight excluding hydrogens is 258 g/mol. The van der Waals surface area contributed by atoms with E-state index in [4.69, 9.17) is 10.3 Å². The Balaban J connectivity index is 1.98. The molecule has 0 spiro atoms. The van der Waals surface area contributed by atoms with Gasteiger partial charge in [-0.15, -0.1) is 11.3 Å². The quantitative estimate of drug-likeness (QED) is 0.791. The first-order chi connectivity index (χ1) is 9.15. The largest absolute Gasteiger partial charge is 0.333 e. The van der Waals surface area contributed by atoms with Crippen LogP contribution in [0.25, 0.3) is 20.9 Å². The normalized spacial score (nSPS) is 13.3. The van der Waals surface area contributed by atoms with Crippen molar-refractivity contribution >= 4 is 21.4 Å². The molecule has 0 saturated heterocycles. The van der Waals surface area contributed by atoms with Crippen molar-refractivity contribution in [1.29, 1.82) is 0 Å². The van der Waals surface area contributed by atoms with E-state index >= 15 is 0 Å². The molecule has 19 heavy (non-hydrogen) atoms. The third-order valence-corrected chi connectivity index (χ3v) is 4.20. The minimum atomic E-state index is -0.188. The number of nitrogens with two attached hydrogens (primary N) is 1. The summed E-state index contributed by atoms with van der Waals surface area (Å²) in [7, 11) is 0. The minimum Gasteiger partial charge on any atom is -0.333 e. The smallest absolute Gasteiger partial charge is 0.268 e. The van der Waals surface area contributed by atoms with E-state index in [2.05, 4.69) is 28.3 Å². The summed E-state index contributed by atoms with van der Waals surface area (Å²) < 4.78 is 6.53. The van der Waals surface area contributed by atoms with Crippen molar-refractivity contribution in [3.8, 4) is 10.8 Å². The van der Waals surface area contributed by atoms with Gasteiger partial charge in [-0.05, 0) is 23.4 Å². The van der Waals surface area contributed by atoms with Gasteiger partial charge in [0.1, 0.15) is 0 Å². The lowest BCUT2D eigenvalue weighted by molar-refractivity contribution is 0.400. The number of thiophene rings is 1. The highest BCUT2D eigenvalue weighted by Gasteiger charge is 2.19. The number of rotatable bonds is 3. The van der Waals surface area contributed by atoms with E-state index in [1.807, 2.05) is 26.0 Å². The maximum atomic E-state index is 6.02. The van der Waals surface area contributed by atoms with Gasteiger partial charge in [0.2, 0.25) is 0 Å². The van der Waals surface area contributed by atoms with Crippen LogP contribution in [0.3, 0.4) is 0 Å². The lowest BCUT2D eigenvalue weighted by Crippen LogP contribution is -2.18. The van der Waals surface area contributed by atoms with E-state index in [9.17, 15) is 0 Å². The Hall–Kier alpha value is -1.72. The summed E-state index contributed by atoms with van der Waals surface area (Å²) in [6, 6.07) is 10.1. The molecule has 1 unspecified atom stereocenters. The predicted octanol–water partition coefficient (Wildman–Crippen LogP) is 3.61. The fourth-order valence-electron chi connectivity index (χ4n) is 1.86. The van der Waals surface area contributed by atoms with Gasteiger partial charge in [-0.3, -0.25) is 0 Å². The third-order valence-electron chi connectivity index (χ3n) is 3.09. The molecule has 2 aromatic heterocycles. The number of benzene rings is 1. The highest BCUT2D eigenvalue weighted by Crippen LogP contribution is 2.32. The summed E-state index contributed by atoms with van der Waals surface area (Å²) in [6.45, 7) is 4.08. The molecule has 3 rings (SSSR count). The third kappa shape index (κ3) is 2.27. The molecule has 0 aliphatic rings. The molecule has 0 saturated carbocycles. The molecule has 1 atom stereocenters. The fraction of sp³-hybridized carbons (Fsp3) is 0.286. The standard InChI is InChI=1S/C14H15N3OS/c1-8(2)12(15)13-16-14(18-17-13)11-7-9-5-3-4-6-10(9)19-11/h3-8,12H,15H2,1-2H3. The highest BCUT2D eigenvalue weighted by molar-refractivity contribution is 7.22. The van der Waals surface area contributed by atoms with Crippen LogP contribution in [0.1, 0.15) is 25.7 Å². The topological polar surface area (TPSA) is 64.9 Å². The first-order valence-corrected chi connectivity index (χ1v) is 7.05. The second kappa shape index (κ2) is 4.75. The molecule has 98 valence electrons. The van der Waals surface area contributed by atoms with Crippen LogP contribution in [-0.2, 0) is 0 Å². The van der Waals surface area contributed by atoms with E-state index in [1.54, 1.807) is 11.3 Å².